The van der Waals surface area contributed by atoms with E-state index in [-0.39, 0.29) is 32.1 Å². The van der Waals surface area contributed by atoms with Gasteiger partial charge >= 0.3 is 13.8 Å². The lowest BCUT2D eigenvalue weighted by Gasteiger charge is -2.15. The number of hydrogen-bond acceptors (Lipinski definition) is 7. The fourth-order valence-electron chi connectivity index (χ4n) is 5.53. The van der Waals surface area contributed by atoms with Crippen molar-refractivity contribution in [2.45, 2.75) is 193 Å². The number of allylic oxidation sites excluding steroid dienone is 4. The molecular weight excluding hydrogens is 653 g/mol. The molecule has 0 aliphatic rings. The molecule has 0 fully saturated rings. The molecule has 0 radical (unpaired) electrons. The zero-order valence-electron chi connectivity index (χ0n) is 32.1. The summed E-state index contributed by atoms with van der Waals surface area (Å²) >= 11 is 0. The van der Waals surface area contributed by atoms with E-state index in [2.05, 4.69) is 43.5 Å². The first kappa shape index (κ1) is 48.5. The van der Waals surface area contributed by atoms with Crippen molar-refractivity contribution in [2.24, 2.45) is 0 Å². The minimum absolute atomic E-state index is 0.0825. The van der Waals surface area contributed by atoms with Crippen LogP contribution in [0.2, 0.25) is 0 Å². The van der Waals surface area contributed by atoms with E-state index in [0.29, 0.717) is 6.42 Å². The van der Waals surface area contributed by atoms with Gasteiger partial charge in [0.15, 0.2) is 0 Å². The maximum atomic E-state index is 12.0. The molecule has 10 heteroatoms. The molecule has 0 aliphatic carbocycles. The van der Waals surface area contributed by atoms with Crippen molar-refractivity contribution >= 4 is 19.7 Å². The second kappa shape index (κ2) is 37.3. The van der Waals surface area contributed by atoms with E-state index in [1.165, 1.54) is 116 Å². The average Bonchev–Trinajstić information content (AvgIpc) is 3.10. The van der Waals surface area contributed by atoms with E-state index in [4.69, 9.17) is 13.8 Å². The number of phosphoric acid groups is 1. The van der Waals surface area contributed by atoms with Crippen LogP contribution in [0.3, 0.4) is 0 Å². The Morgan fingerprint density at radius 2 is 1.08 bits per heavy atom. The number of phosphoric ester groups is 1. The number of unbranched alkanes of at least 4 members (excludes halogenated alkanes) is 21. The summed E-state index contributed by atoms with van der Waals surface area (Å²) in [6.07, 6.45) is 38.4. The lowest BCUT2D eigenvalue weighted by Crippen LogP contribution is -2.27. The molecule has 0 aliphatic heterocycles. The van der Waals surface area contributed by atoms with Gasteiger partial charge in [0.05, 0.1) is 13.2 Å². The number of aliphatic hydroxyl groups excluding tert-OH is 1. The lowest BCUT2D eigenvalue weighted by molar-refractivity contribution is -0.147. The van der Waals surface area contributed by atoms with Gasteiger partial charge in [-0.3, -0.25) is 18.6 Å². The van der Waals surface area contributed by atoms with E-state index < -0.39 is 26.5 Å². The fourth-order valence-corrected chi connectivity index (χ4v) is 6.28. The first-order valence-corrected chi connectivity index (χ1v) is 21.8. The highest BCUT2D eigenvalue weighted by atomic mass is 31.2. The number of nitrogens with one attached hydrogen (secondary N) is 1. The highest BCUT2D eigenvalue weighted by Gasteiger charge is 2.23. The van der Waals surface area contributed by atoms with Gasteiger partial charge < -0.3 is 20.1 Å². The topological polar surface area (TPSA) is 131 Å². The summed E-state index contributed by atoms with van der Waals surface area (Å²) < 4.78 is 26.7. The van der Waals surface area contributed by atoms with Crippen LogP contribution in [0.4, 0.5) is 0 Å². The molecule has 0 saturated heterocycles. The molecule has 50 heavy (non-hydrogen) atoms. The Labute approximate surface area is 306 Å². The fraction of sp³-hybridized carbons (Fsp3) is 0.850. The molecule has 294 valence electrons. The highest BCUT2D eigenvalue weighted by molar-refractivity contribution is 7.47. The van der Waals surface area contributed by atoms with E-state index in [0.717, 1.165) is 44.9 Å². The molecular formula is C40H76NO8P. The van der Waals surface area contributed by atoms with Crippen molar-refractivity contribution in [1.82, 2.24) is 5.32 Å². The van der Waals surface area contributed by atoms with Gasteiger partial charge in [-0.25, -0.2) is 4.57 Å². The summed E-state index contributed by atoms with van der Waals surface area (Å²) in [6.45, 7) is 3.49. The van der Waals surface area contributed by atoms with E-state index in [1.807, 2.05) is 0 Å². The van der Waals surface area contributed by atoms with Crippen LogP contribution in [-0.2, 0) is 27.9 Å². The smallest absolute Gasteiger partial charge is 0.463 e. The quantitative estimate of drug-likeness (QED) is 0.0248. The molecule has 2 unspecified atom stereocenters. The minimum atomic E-state index is -4.40. The summed E-state index contributed by atoms with van der Waals surface area (Å²) in [5, 5.41) is 12.6. The Kier molecular flexibility index (Phi) is 36.1. The first-order valence-electron chi connectivity index (χ1n) is 20.3. The molecule has 1 amide bonds. The molecule has 0 bridgehead atoms. The highest BCUT2D eigenvalue weighted by Crippen LogP contribution is 2.42. The number of carbonyl (C=O) groups excluding carboxylic acids is 2. The van der Waals surface area contributed by atoms with Crippen molar-refractivity contribution in [1.29, 1.82) is 0 Å². The van der Waals surface area contributed by atoms with Crippen LogP contribution in [0.1, 0.15) is 187 Å². The van der Waals surface area contributed by atoms with Crippen molar-refractivity contribution in [3.05, 3.63) is 24.3 Å². The van der Waals surface area contributed by atoms with Crippen LogP contribution >= 0.6 is 7.82 Å². The van der Waals surface area contributed by atoms with Gasteiger partial charge in [-0.2, -0.15) is 0 Å². The van der Waals surface area contributed by atoms with E-state index >= 15 is 0 Å². The Bertz CT molecular complexity index is 881. The summed E-state index contributed by atoms with van der Waals surface area (Å²) in [7, 11) is -4.40. The second-order valence-corrected chi connectivity index (χ2v) is 15.1. The maximum absolute atomic E-state index is 12.0. The molecule has 0 aromatic carbocycles. The molecule has 3 N–H and O–H groups in total. The Morgan fingerprint density at radius 1 is 0.620 bits per heavy atom. The number of amides is 1. The Balaban J connectivity index is 3.55. The summed E-state index contributed by atoms with van der Waals surface area (Å²) in [4.78, 5) is 33.7. The summed E-state index contributed by atoms with van der Waals surface area (Å²) in [5.41, 5.74) is 0. The van der Waals surface area contributed by atoms with Gasteiger partial charge in [0, 0.05) is 19.4 Å². The van der Waals surface area contributed by atoms with Gasteiger partial charge in [0.1, 0.15) is 12.7 Å². The molecule has 2 atom stereocenters. The first-order chi connectivity index (χ1) is 24.3. The number of carbonyl (C=O) groups is 2. The van der Waals surface area contributed by atoms with Gasteiger partial charge in [0.25, 0.3) is 0 Å². The second-order valence-electron chi connectivity index (χ2n) is 13.6. The molecule has 0 saturated carbocycles. The Morgan fingerprint density at radius 3 is 1.64 bits per heavy atom. The third kappa shape index (κ3) is 37.7. The molecule has 0 heterocycles. The number of rotatable bonds is 38. The number of aliphatic hydroxyl groups is 1. The van der Waals surface area contributed by atoms with Crippen LogP contribution < -0.4 is 5.32 Å². The average molecular weight is 730 g/mol. The standard InChI is InChI=1S/C40H76NO8P/c1-3-5-7-9-11-13-14-15-16-17-18-19-20-21-22-23-24-25-26-28-30-32-39(43)41-34-35-48-50(45,46)49-37-38(42)36-47-40(44)33-31-29-27-12-10-8-6-4-2/h11,13,15-16,38,42H,3-10,12,14,17-37H2,1-2H3,(H,41,43)(H,45,46)/b13-11-,16-15-. The zero-order chi connectivity index (χ0) is 36.8. The van der Waals surface area contributed by atoms with E-state index in [9.17, 15) is 24.2 Å². The van der Waals surface area contributed by atoms with Crippen LogP contribution in [0.15, 0.2) is 24.3 Å². The van der Waals surface area contributed by atoms with Crippen molar-refractivity contribution < 1.29 is 37.9 Å². The van der Waals surface area contributed by atoms with Crippen LogP contribution in [-0.4, -0.2) is 54.3 Å². The zero-order valence-corrected chi connectivity index (χ0v) is 33.0. The van der Waals surface area contributed by atoms with Gasteiger partial charge in [-0.15, -0.1) is 0 Å². The van der Waals surface area contributed by atoms with E-state index in [1.54, 1.807) is 0 Å². The van der Waals surface area contributed by atoms with Crippen LogP contribution in [0, 0.1) is 0 Å². The maximum Gasteiger partial charge on any atom is 0.472 e. The largest absolute Gasteiger partial charge is 0.472 e. The third-order valence-corrected chi connectivity index (χ3v) is 9.62. The number of hydrogen-bond donors (Lipinski definition) is 3. The van der Waals surface area contributed by atoms with Gasteiger partial charge in [0.2, 0.25) is 5.91 Å². The summed E-state index contributed by atoms with van der Waals surface area (Å²) in [6, 6.07) is 0. The monoisotopic (exact) mass is 730 g/mol. The van der Waals surface area contributed by atoms with Gasteiger partial charge in [-0.05, 0) is 44.9 Å². The van der Waals surface area contributed by atoms with Crippen LogP contribution in [0.5, 0.6) is 0 Å². The molecule has 9 nitrogen and oxygen atoms in total. The SMILES string of the molecule is CCCCC/C=C\C/C=C\CCCCCCCCCCCCCC(=O)NCCOP(=O)(O)OCC(O)COC(=O)CCCCCCCCCC. The molecule has 0 aromatic heterocycles. The normalized spacial score (nSPS) is 13.6. The van der Waals surface area contributed by atoms with Crippen molar-refractivity contribution in [3.8, 4) is 0 Å². The predicted molar refractivity (Wildman–Crippen MR) is 206 cm³/mol. The van der Waals surface area contributed by atoms with Crippen LogP contribution in [0.25, 0.3) is 0 Å². The number of esters is 1. The predicted octanol–water partition coefficient (Wildman–Crippen LogP) is 10.8. The molecule has 0 spiro atoms. The Hall–Kier alpha value is -1.51. The molecule has 0 aromatic rings. The molecule has 0 rings (SSSR count). The minimum Gasteiger partial charge on any atom is -0.463 e. The lowest BCUT2D eigenvalue weighted by atomic mass is 10.0. The van der Waals surface area contributed by atoms with Gasteiger partial charge in [-0.1, -0.05) is 154 Å². The third-order valence-electron chi connectivity index (χ3n) is 8.63. The number of ether oxygens (including phenoxy) is 1. The summed E-state index contributed by atoms with van der Waals surface area (Å²) in [5.74, 6) is -0.520. The van der Waals surface area contributed by atoms with Crippen molar-refractivity contribution in [2.75, 3.05) is 26.4 Å². The van der Waals surface area contributed by atoms with Crippen molar-refractivity contribution in [3.63, 3.8) is 0 Å².